The number of nitriles is 1. The highest BCUT2D eigenvalue weighted by atomic mass is 16.6. The van der Waals surface area contributed by atoms with Crippen LogP contribution in [0.25, 0.3) is 10.4 Å². The van der Waals surface area contributed by atoms with Crippen molar-refractivity contribution in [1.82, 2.24) is 9.55 Å². The first-order chi connectivity index (χ1) is 10.5. The number of aliphatic hydroxyl groups excluding tert-OH is 2. The van der Waals surface area contributed by atoms with Crippen molar-refractivity contribution < 1.29 is 20.2 Å². The first-order valence-electron chi connectivity index (χ1n) is 5.94. The van der Waals surface area contributed by atoms with Crippen LogP contribution < -0.4 is 11.2 Å². The molecule has 12 heteroatoms. The predicted octanol–water partition coefficient (Wildman–Crippen LogP) is -1.71. The van der Waals surface area contributed by atoms with Crippen LogP contribution in [-0.2, 0) is 4.74 Å². The Balaban J connectivity index is 2.62. The van der Waals surface area contributed by atoms with Gasteiger partial charge in [0.15, 0.2) is 0 Å². The van der Waals surface area contributed by atoms with Gasteiger partial charge in [-0.15, -0.1) is 0 Å². The van der Waals surface area contributed by atoms with E-state index in [1.54, 1.807) is 6.07 Å². The topological polar surface area (TPSA) is 193 Å². The zero-order valence-electron chi connectivity index (χ0n) is 10.9. The van der Waals surface area contributed by atoms with Crippen LogP contribution in [0.1, 0.15) is 6.23 Å². The third-order valence-electron chi connectivity index (χ3n) is 3.27. The second-order valence-corrected chi connectivity index (χ2v) is 4.44. The summed E-state index contributed by atoms with van der Waals surface area (Å²) in [6.45, 7) is -0.853. The molecular formula is C10H11N7O5. The second-order valence-electron chi connectivity index (χ2n) is 4.44. The van der Waals surface area contributed by atoms with Crippen LogP contribution in [0.4, 0.5) is 0 Å². The maximum absolute atomic E-state index is 11.2. The summed E-state index contributed by atoms with van der Waals surface area (Å²) in [5, 5.41) is 43.7. The van der Waals surface area contributed by atoms with Crippen LogP contribution in [0.2, 0.25) is 0 Å². The zero-order valence-corrected chi connectivity index (χ0v) is 10.9. The Morgan fingerprint density at radius 2 is 2.41 bits per heavy atom. The number of nitrogens with zero attached hydrogens (tertiary/aromatic N) is 6. The molecule has 1 aliphatic heterocycles. The standard InChI is InChI=1S/C10H11N7O5/c11-3-10(4-18)7(20)6(14-16-12)8(22-10)17-2-1-5(19)13-9(17)15-21/h1-2,6-8,18,20-21H,4H2,(H,13,15,19)/t6?,7-,8+,10+/m0/s1. The molecule has 0 bridgehead atoms. The molecule has 0 aliphatic carbocycles. The normalized spacial score (nSPS) is 31.5. The molecule has 2 rings (SSSR count). The number of hydrogen-bond donors (Lipinski definition) is 4. The smallest absolute Gasteiger partial charge is 0.252 e. The molecule has 2 heterocycles. The first-order valence-corrected chi connectivity index (χ1v) is 5.94. The van der Waals surface area contributed by atoms with Crippen molar-refractivity contribution in [3.8, 4) is 6.07 Å². The van der Waals surface area contributed by atoms with Gasteiger partial charge in [-0.05, 0) is 5.53 Å². The number of hydrogen-bond acceptors (Lipinski definition) is 8. The first kappa shape index (κ1) is 15.5. The third-order valence-corrected chi connectivity index (χ3v) is 3.27. The molecule has 0 aromatic carbocycles. The molecule has 0 radical (unpaired) electrons. The van der Waals surface area contributed by atoms with Crippen molar-refractivity contribution in [2.45, 2.75) is 24.0 Å². The fourth-order valence-electron chi connectivity index (χ4n) is 2.16. The van der Waals surface area contributed by atoms with Crippen LogP contribution in [0.15, 0.2) is 27.3 Å². The number of ether oxygens (including phenoxy) is 1. The van der Waals surface area contributed by atoms with Crippen LogP contribution in [-0.4, -0.2) is 49.3 Å². The van der Waals surface area contributed by atoms with Crippen molar-refractivity contribution in [2.75, 3.05) is 6.61 Å². The fraction of sp³-hybridized carbons (Fsp3) is 0.500. The van der Waals surface area contributed by atoms with Crippen molar-refractivity contribution in [3.05, 3.63) is 38.7 Å². The highest BCUT2D eigenvalue weighted by Crippen LogP contribution is 2.37. The van der Waals surface area contributed by atoms with E-state index in [4.69, 9.17) is 20.7 Å². The maximum Gasteiger partial charge on any atom is 0.252 e. The van der Waals surface area contributed by atoms with Gasteiger partial charge in [0, 0.05) is 17.2 Å². The van der Waals surface area contributed by atoms with E-state index in [9.17, 15) is 15.0 Å². The summed E-state index contributed by atoms with van der Waals surface area (Å²) in [5.41, 5.74) is 5.66. The Bertz CT molecular complexity index is 773. The van der Waals surface area contributed by atoms with E-state index in [1.165, 1.54) is 0 Å². The van der Waals surface area contributed by atoms with Crippen LogP contribution >= 0.6 is 0 Å². The van der Waals surface area contributed by atoms with Gasteiger partial charge in [0.05, 0.1) is 6.61 Å². The SMILES string of the molecule is N#C[C@]1(CO)O[C@@H](n2ccc(=O)[nH]/c2=N\O)C(N=[N+]=[N-])[C@@H]1O. The van der Waals surface area contributed by atoms with Crippen molar-refractivity contribution >= 4 is 0 Å². The minimum atomic E-state index is -2.01. The molecule has 22 heavy (non-hydrogen) atoms. The van der Waals surface area contributed by atoms with E-state index < -0.39 is 36.1 Å². The van der Waals surface area contributed by atoms with Crippen LogP contribution in [0.5, 0.6) is 0 Å². The van der Waals surface area contributed by atoms with Gasteiger partial charge in [0.25, 0.3) is 5.56 Å². The number of aliphatic hydroxyl groups is 2. The Morgan fingerprint density at radius 1 is 1.68 bits per heavy atom. The Morgan fingerprint density at radius 3 is 2.95 bits per heavy atom. The van der Waals surface area contributed by atoms with E-state index in [2.05, 4.69) is 20.2 Å². The van der Waals surface area contributed by atoms with Gasteiger partial charge < -0.3 is 20.2 Å². The summed E-state index contributed by atoms with van der Waals surface area (Å²) in [6, 6.07) is 1.40. The van der Waals surface area contributed by atoms with Gasteiger partial charge in [-0.25, -0.2) is 0 Å². The lowest BCUT2D eigenvalue weighted by atomic mass is 9.97. The quantitative estimate of drug-likeness (QED) is 0.169. The van der Waals surface area contributed by atoms with Crippen molar-refractivity contribution in [3.63, 3.8) is 0 Å². The fourth-order valence-corrected chi connectivity index (χ4v) is 2.16. The number of azide groups is 1. The largest absolute Gasteiger partial charge is 0.408 e. The molecule has 1 unspecified atom stereocenters. The molecule has 0 spiro atoms. The lowest BCUT2D eigenvalue weighted by Gasteiger charge is -2.21. The van der Waals surface area contributed by atoms with E-state index >= 15 is 0 Å². The average molecular weight is 309 g/mol. The van der Waals surface area contributed by atoms with Gasteiger partial charge in [-0.3, -0.25) is 14.3 Å². The van der Waals surface area contributed by atoms with Crippen LogP contribution in [0.3, 0.4) is 0 Å². The molecule has 1 aromatic heterocycles. The maximum atomic E-state index is 11.2. The minimum Gasteiger partial charge on any atom is -0.408 e. The summed E-state index contributed by atoms with van der Waals surface area (Å²) in [4.78, 5) is 16.0. The van der Waals surface area contributed by atoms with Gasteiger partial charge >= 0.3 is 0 Å². The number of aromatic amines is 1. The van der Waals surface area contributed by atoms with Gasteiger partial charge in [0.2, 0.25) is 11.2 Å². The predicted molar refractivity (Wildman–Crippen MR) is 66.9 cm³/mol. The number of H-pyrrole nitrogens is 1. The molecular weight excluding hydrogens is 298 g/mol. The molecule has 0 amide bonds. The highest BCUT2D eigenvalue weighted by Gasteiger charge is 2.55. The van der Waals surface area contributed by atoms with Crippen molar-refractivity contribution in [2.24, 2.45) is 10.3 Å². The molecule has 1 fully saturated rings. The molecule has 1 aromatic rings. The summed E-state index contributed by atoms with van der Waals surface area (Å²) >= 11 is 0. The molecule has 1 saturated heterocycles. The number of aromatic nitrogens is 2. The molecule has 0 saturated carbocycles. The van der Waals surface area contributed by atoms with Crippen LogP contribution in [0, 0.1) is 11.3 Å². The Hall–Kier alpha value is -2.84. The van der Waals surface area contributed by atoms with Gasteiger partial charge in [0.1, 0.15) is 24.4 Å². The highest BCUT2D eigenvalue weighted by molar-refractivity contribution is 5.16. The molecule has 12 nitrogen and oxygen atoms in total. The number of nitrogens with one attached hydrogen (secondary N) is 1. The number of rotatable bonds is 3. The Kier molecular flexibility index (Phi) is 4.15. The summed E-state index contributed by atoms with van der Waals surface area (Å²) < 4.78 is 6.39. The molecule has 4 N–H and O–H groups in total. The van der Waals surface area contributed by atoms with E-state index in [-0.39, 0.29) is 5.62 Å². The lowest BCUT2D eigenvalue weighted by molar-refractivity contribution is -0.0933. The summed E-state index contributed by atoms with van der Waals surface area (Å²) in [7, 11) is 0. The monoisotopic (exact) mass is 309 g/mol. The molecule has 116 valence electrons. The summed E-state index contributed by atoms with van der Waals surface area (Å²) in [5.74, 6) is 0. The Labute approximate surface area is 121 Å². The van der Waals surface area contributed by atoms with E-state index in [1.807, 2.05) is 0 Å². The third kappa shape index (κ3) is 2.30. The molecule has 4 atom stereocenters. The van der Waals surface area contributed by atoms with E-state index in [0.29, 0.717) is 0 Å². The minimum absolute atomic E-state index is 0.352. The zero-order chi connectivity index (χ0) is 16.3. The average Bonchev–Trinajstić information content (AvgIpc) is 2.81. The van der Waals surface area contributed by atoms with Gasteiger partial charge in [-0.2, -0.15) is 5.26 Å². The summed E-state index contributed by atoms with van der Waals surface area (Å²) in [6.07, 6.45) is -1.74. The van der Waals surface area contributed by atoms with E-state index in [0.717, 1.165) is 16.8 Å². The van der Waals surface area contributed by atoms with Crippen molar-refractivity contribution in [1.29, 1.82) is 5.26 Å². The van der Waals surface area contributed by atoms with Gasteiger partial charge in [-0.1, -0.05) is 10.3 Å². The molecule has 1 aliphatic rings. The second kappa shape index (κ2) is 5.88. The lowest BCUT2D eigenvalue weighted by Crippen LogP contribution is -2.44.